The first kappa shape index (κ1) is 20.9. The maximum absolute atomic E-state index is 12.5. The van der Waals surface area contributed by atoms with Gasteiger partial charge in [0.2, 0.25) is 10.0 Å². The van der Waals surface area contributed by atoms with Gasteiger partial charge in [-0.2, -0.15) is 0 Å². The fourth-order valence-corrected chi connectivity index (χ4v) is 3.70. The number of carboxylic acid groups (broad SMARTS) is 1. The number of aliphatic carboxylic acids is 1. The molecule has 0 heterocycles. The van der Waals surface area contributed by atoms with Gasteiger partial charge in [-0.05, 0) is 31.0 Å². The number of benzene rings is 1. The summed E-state index contributed by atoms with van der Waals surface area (Å²) in [6, 6.07) is 2.45. The maximum atomic E-state index is 12.5. The normalized spacial score (nSPS) is 15.0. The SMILES string of the molecule is C=CCOCC(NC(=O)c1ccc(OC)c(S(=O)(=O)NC2CC2)c1)C(=O)O. The zero-order chi connectivity index (χ0) is 20.0. The minimum Gasteiger partial charge on any atom is -0.495 e. The van der Waals surface area contributed by atoms with Gasteiger partial charge in [-0.1, -0.05) is 6.08 Å². The van der Waals surface area contributed by atoms with E-state index in [0.29, 0.717) is 0 Å². The first-order chi connectivity index (χ1) is 12.8. The molecule has 0 bridgehead atoms. The Bertz CT molecular complexity index is 819. The summed E-state index contributed by atoms with van der Waals surface area (Å²) in [5.74, 6) is -1.93. The molecule has 0 aliphatic heterocycles. The largest absolute Gasteiger partial charge is 0.495 e. The smallest absolute Gasteiger partial charge is 0.328 e. The highest BCUT2D eigenvalue weighted by Gasteiger charge is 2.30. The van der Waals surface area contributed by atoms with Crippen molar-refractivity contribution in [2.75, 3.05) is 20.3 Å². The zero-order valence-electron chi connectivity index (χ0n) is 14.8. The zero-order valence-corrected chi connectivity index (χ0v) is 15.6. The van der Waals surface area contributed by atoms with Crippen molar-refractivity contribution in [2.24, 2.45) is 0 Å². The van der Waals surface area contributed by atoms with Gasteiger partial charge in [-0.25, -0.2) is 17.9 Å². The molecular weight excluding hydrogens is 376 g/mol. The summed E-state index contributed by atoms with van der Waals surface area (Å²) in [6.07, 6.45) is 2.97. The van der Waals surface area contributed by atoms with Crippen LogP contribution in [0.5, 0.6) is 5.75 Å². The van der Waals surface area contributed by atoms with Crippen LogP contribution in [0.3, 0.4) is 0 Å². The molecule has 1 unspecified atom stereocenters. The second kappa shape index (κ2) is 8.98. The Morgan fingerprint density at radius 3 is 2.67 bits per heavy atom. The first-order valence-electron chi connectivity index (χ1n) is 8.21. The van der Waals surface area contributed by atoms with Crippen molar-refractivity contribution in [3.05, 3.63) is 36.4 Å². The van der Waals surface area contributed by atoms with Gasteiger partial charge in [0, 0.05) is 11.6 Å². The molecule has 10 heteroatoms. The van der Waals surface area contributed by atoms with E-state index in [2.05, 4.69) is 16.6 Å². The number of nitrogens with one attached hydrogen (secondary N) is 2. The monoisotopic (exact) mass is 398 g/mol. The van der Waals surface area contributed by atoms with Crippen LogP contribution in [0.15, 0.2) is 35.7 Å². The lowest BCUT2D eigenvalue weighted by atomic mass is 10.2. The van der Waals surface area contributed by atoms with Crippen molar-refractivity contribution in [3.63, 3.8) is 0 Å². The molecule has 9 nitrogen and oxygen atoms in total. The summed E-state index contributed by atoms with van der Waals surface area (Å²) in [5, 5.41) is 11.5. The third kappa shape index (κ3) is 5.78. The molecule has 148 valence electrons. The molecule has 1 aliphatic carbocycles. The van der Waals surface area contributed by atoms with E-state index in [-0.39, 0.29) is 35.5 Å². The number of carboxylic acids is 1. The quantitative estimate of drug-likeness (QED) is 0.366. The summed E-state index contributed by atoms with van der Waals surface area (Å²) in [5.41, 5.74) is -0.0121. The molecule has 27 heavy (non-hydrogen) atoms. The van der Waals surface area contributed by atoms with Crippen molar-refractivity contribution >= 4 is 21.9 Å². The van der Waals surface area contributed by atoms with Crippen LogP contribution in [-0.4, -0.2) is 57.8 Å². The number of amides is 1. The predicted molar refractivity (Wildman–Crippen MR) is 96.2 cm³/mol. The number of ether oxygens (including phenoxy) is 2. The Morgan fingerprint density at radius 2 is 2.11 bits per heavy atom. The lowest BCUT2D eigenvalue weighted by molar-refractivity contribution is -0.140. The van der Waals surface area contributed by atoms with Gasteiger partial charge in [0.05, 0.1) is 20.3 Å². The third-order valence-corrected chi connectivity index (χ3v) is 5.28. The van der Waals surface area contributed by atoms with Gasteiger partial charge in [-0.3, -0.25) is 4.79 Å². The topological polar surface area (TPSA) is 131 Å². The lowest BCUT2D eigenvalue weighted by Gasteiger charge is -2.16. The number of rotatable bonds is 11. The molecule has 1 amide bonds. The maximum Gasteiger partial charge on any atom is 0.328 e. The number of hydrogen-bond acceptors (Lipinski definition) is 6. The van der Waals surface area contributed by atoms with E-state index in [4.69, 9.17) is 9.47 Å². The second-order valence-corrected chi connectivity index (χ2v) is 7.63. The average Bonchev–Trinajstić information content (AvgIpc) is 3.43. The Hall–Kier alpha value is -2.43. The molecule has 0 saturated heterocycles. The summed E-state index contributed by atoms with van der Waals surface area (Å²) >= 11 is 0. The lowest BCUT2D eigenvalue weighted by Crippen LogP contribution is -2.44. The molecule has 3 N–H and O–H groups in total. The Balaban J connectivity index is 2.21. The number of carbonyl (C=O) groups is 2. The van der Waals surface area contributed by atoms with Gasteiger partial charge in [0.1, 0.15) is 10.6 Å². The number of carbonyl (C=O) groups excluding carboxylic acids is 1. The van der Waals surface area contributed by atoms with Crippen LogP contribution < -0.4 is 14.8 Å². The Labute approximate surface area is 157 Å². The molecule has 0 aromatic heterocycles. The van der Waals surface area contributed by atoms with Crippen LogP contribution in [0.4, 0.5) is 0 Å². The van der Waals surface area contributed by atoms with E-state index in [9.17, 15) is 23.1 Å². The van der Waals surface area contributed by atoms with Crippen LogP contribution in [0.25, 0.3) is 0 Å². The van der Waals surface area contributed by atoms with E-state index in [0.717, 1.165) is 18.9 Å². The molecule has 2 rings (SSSR count). The highest BCUT2D eigenvalue weighted by Crippen LogP contribution is 2.28. The molecule has 0 spiro atoms. The predicted octanol–water partition coefficient (Wildman–Crippen LogP) is 0.522. The van der Waals surface area contributed by atoms with Crippen molar-refractivity contribution in [3.8, 4) is 5.75 Å². The molecule has 1 atom stereocenters. The minimum atomic E-state index is -3.87. The molecule has 1 aromatic carbocycles. The Kier molecular flexibility index (Phi) is 6.94. The van der Waals surface area contributed by atoms with Crippen molar-refractivity contribution in [2.45, 2.75) is 29.8 Å². The van der Waals surface area contributed by atoms with Gasteiger partial charge in [0.15, 0.2) is 6.04 Å². The standard InChI is InChI=1S/C17H22N2O7S/c1-3-8-26-10-13(17(21)22)18-16(20)11-4-7-14(25-2)15(9-11)27(23,24)19-12-5-6-12/h3-4,7,9,12-13,19H,1,5-6,8,10H2,2H3,(H,18,20)(H,21,22). The highest BCUT2D eigenvalue weighted by molar-refractivity contribution is 7.89. The molecular formula is C17H22N2O7S. The van der Waals surface area contributed by atoms with Crippen LogP contribution in [-0.2, 0) is 19.6 Å². The van der Waals surface area contributed by atoms with Gasteiger partial charge in [-0.15, -0.1) is 6.58 Å². The van der Waals surface area contributed by atoms with Crippen LogP contribution in [0.2, 0.25) is 0 Å². The number of sulfonamides is 1. The van der Waals surface area contributed by atoms with Gasteiger partial charge in [0.25, 0.3) is 5.91 Å². The first-order valence-corrected chi connectivity index (χ1v) is 9.69. The summed E-state index contributed by atoms with van der Waals surface area (Å²) in [7, 11) is -2.54. The van der Waals surface area contributed by atoms with Crippen molar-refractivity contribution in [1.82, 2.24) is 10.0 Å². The van der Waals surface area contributed by atoms with E-state index in [1.54, 1.807) is 0 Å². The summed E-state index contributed by atoms with van der Waals surface area (Å²) in [4.78, 5) is 23.5. The summed E-state index contributed by atoms with van der Waals surface area (Å²) < 4.78 is 37.7. The number of hydrogen-bond donors (Lipinski definition) is 3. The van der Waals surface area contributed by atoms with Gasteiger partial charge < -0.3 is 19.9 Å². The number of methoxy groups -OCH3 is 1. The average molecular weight is 398 g/mol. The van der Waals surface area contributed by atoms with Crippen LogP contribution >= 0.6 is 0 Å². The summed E-state index contributed by atoms with van der Waals surface area (Å²) in [6.45, 7) is 3.33. The van der Waals surface area contributed by atoms with E-state index >= 15 is 0 Å². The highest BCUT2D eigenvalue weighted by atomic mass is 32.2. The van der Waals surface area contributed by atoms with Crippen molar-refractivity contribution < 1.29 is 32.6 Å². The van der Waals surface area contributed by atoms with Crippen molar-refractivity contribution in [1.29, 1.82) is 0 Å². The molecule has 1 fully saturated rings. The molecule has 1 aliphatic rings. The van der Waals surface area contributed by atoms with Crippen LogP contribution in [0.1, 0.15) is 23.2 Å². The van der Waals surface area contributed by atoms with E-state index in [1.165, 1.54) is 25.3 Å². The van der Waals surface area contributed by atoms with E-state index < -0.39 is 27.9 Å². The fraction of sp³-hybridized carbons (Fsp3) is 0.412. The fourth-order valence-electron chi connectivity index (χ4n) is 2.20. The molecule has 0 radical (unpaired) electrons. The van der Waals surface area contributed by atoms with Gasteiger partial charge >= 0.3 is 5.97 Å². The second-order valence-electron chi connectivity index (χ2n) is 5.95. The third-order valence-electron chi connectivity index (χ3n) is 3.74. The minimum absolute atomic E-state index is 0.0121. The molecule has 1 saturated carbocycles. The molecule has 1 aromatic rings. The Morgan fingerprint density at radius 1 is 1.41 bits per heavy atom. The van der Waals surface area contributed by atoms with Crippen LogP contribution in [0, 0.1) is 0 Å². The van der Waals surface area contributed by atoms with E-state index in [1.807, 2.05) is 0 Å².